The van der Waals surface area contributed by atoms with E-state index in [1.807, 2.05) is 0 Å². The molecular weight excluding hydrogens is 357 g/mol. The van der Waals surface area contributed by atoms with Crippen LogP contribution in [0.25, 0.3) is 5.69 Å². The minimum absolute atomic E-state index is 0.0306. The molecule has 2 heterocycles. The standard InChI is InChI=1S/C19H15F3N4O/c20-19(21,22)17-10-16(12-7-8-12)26(25-17)15-6-2-1-5-14(15)18(27)24-13-4-3-9-23-11-13/h1-6,9-12H,7-8H2,(H,24,27). The lowest BCUT2D eigenvalue weighted by Gasteiger charge is -2.12. The van der Waals surface area contributed by atoms with Crippen molar-refractivity contribution in [2.45, 2.75) is 24.9 Å². The number of para-hydroxylation sites is 1. The van der Waals surface area contributed by atoms with Crippen molar-refractivity contribution in [1.82, 2.24) is 14.8 Å². The van der Waals surface area contributed by atoms with Crippen molar-refractivity contribution >= 4 is 11.6 Å². The zero-order valence-electron chi connectivity index (χ0n) is 14.1. The molecular formula is C19H15F3N4O. The molecule has 0 saturated heterocycles. The maximum atomic E-state index is 13.2. The molecule has 1 saturated carbocycles. The number of nitrogens with zero attached hydrogens (tertiary/aromatic N) is 3. The predicted molar refractivity (Wildman–Crippen MR) is 92.7 cm³/mol. The Morgan fingerprint density at radius 3 is 2.59 bits per heavy atom. The van der Waals surface area contributed by atoms with Crippen LogP contribution in [0.2, 0.25) is 0 Å². The summed E-state index contributed by atoms with van der Waals surface area (Å²) in [5.41, 5.74) is 0.573. The largest absolute Gasteiger partial charge is 0.435 e. The van der Waals surface area contributed by atoms with Gasteiger partial charge in [-0.25, -0.2) is 4.68 Å². The number of hydrogen-bond donors (Lipinski definition) is 1. The summed E-state index contributed by atoms with van der Waals surface area (Å²) in [6.07, 6.45) is 0.154. The van der Waals surface area contributed by atoms with Crippen LogP contribution in [-0.4, -0.2) is 20.7 Å². The average molecular weight is 372 g/mol. The highest BCUT2D eigenvalue weighted by Gasteiger charge is 2.38. The number of halogens is 3. The lowest BCUT2D eigenvalue weighted by molar-refractivity contribution is -0.141. The van der Waals surface area contributed by atoms with E-state index in [4.69, 9.17) is 0 Å². The molecule has 1 fully saturated rings. The molecule has 5 nitrogen and oxygen atoms in total. The maximum absolute atomic E-state index is 13.2. The van der Waals surface area contributed by atoms with Crippen LogP contribution in [0, 0.1) is 0 Å². The lowest BCUT2D eigenvalue weighted by atomic mass is 10.1. The summed E-state index contributed by atoms with van der Waals surface area (Å²) < 4.78 is 40.7. The van der Waals surface area contributed by atoms with Crippen LogP contribution >= 0.6 is 0 Å². The van der Waals surface area contributed by atoms with E-state index < -0.39 is 17.8 Å². The Kier molecular flexibility index (Phi) is 4.18. The van der Waals surface area contributed by atoms with Gasteiger partial charge in [0.1, 0.15) is 0 Å². The van der Waals surface area contributed by atoms with Gasteiger partial charge in [-0.2, -0.15) is 18.3 Å². The molecule has 1 aliphatic rings. The SMILES string of the molecule is O=C(Nc1cccnc1)c1ccccc1-n1nc(C(F)(F)F)cc1C1CC1. The smallest absolute Gasteiger partial charge is 0.321 e. The Bertz CT molecular complexity index is 978. The Labute approximate surface area is 152 Å². The molecule has 1 aromatic carbocycles. The van der Waals surface area contributed by atoms with Crippen LogP contribution in [0.15, 0.2) is 54.9 Å². The number of alkyl halides is 3. The van der Waals surface area contributed by atoms with E-state index in [-0.39, 0.29) is 11.5 Å². The normalized spacial score (nSPS) is 14.2. The van der Waals surface area contributed by atoms with E-state index >= 15 is 0 Å². The van der Waals surface area contributed by atoms with Crippen LogP contribution in [0.5, 0.6) is 0 Å². The second-order valence-electron chi connectivity index (χ2n) is 6.35. The average Bonchev–Trinajstić information content (AvgIpc) is 3.39. The quantitative estimate of drug-likeness (QED) is 0.738. The van der Waals surface area contributed by atoms with Crippen molar-refractivity contribution in [1.29, 1.82) is 0 Å². The molecule has 0 atom stereocenters. The minimum Gasteiger partial charge on any atom is -0.321 e. The first kappa shape index (κ1) is 17.3. The number of rotatable bonds is 4. The van der Waals surface area contributed by atoms with Crippen LogP contribution < -0.4 is 5.32 Å². The monoisotopic (exact) mass is 372 g/mol. The second kappa shape index (κ2) is 6.53. The first-order valence-corrected chi connectivity index (χ1v) is 8.41. The first-order valence-electron chi connectivity index (χ1n) is 8.41. The summed E-state index contributed by atoms with van der Waals surface area (Å²) in [5.74, 6) is -0.410. The van der Waals surface area contributed by atoms with E-state index in [0.717, 1.165) is 18.9 Å². The summed E-state index contributed by atoms with van der Waals surface area (Å²) in [6, 6.07) is 10.9. The Morgan fingerprint density at radius 2 is 1.93 bits per heavy atom. The number of nitrogens with one attached hydrogen (secondary N) is 1. The lowest BCUT2D eigenvalue weighted by Crippen LogP contribution is -2.16. The maximum Gasteiger partial charge on any atom is 0.435 e. The third-order valence-electron chi connectivity index (χ3n) is 4.32. The van der Waals surface area contributed by atoms with Crippen LogP contribution in [0.4, 0.5) is 18.9 Å². The number of anilines is 1. The van der Waals surface area contributed by atoms with Crippen molar-refractivity contribution in [2.75, 3.05) is 5.32 Å². The number of hydrogen-bond acceptors (Lipinski definition) is 3. The minimum atomic E-state index is -4.54. The van der Waals surface area contributed by atoms with Crippen molar-refractivity contribution in [3.63, 3.8) is 0 Å². The van der Waals surface area contributed by atoms with Gasteiger partial charge in [0.2, 0.25) is 0 Å². The van der Waals surface area contributed by atoms with Crippen molar-refractivity contribution in [2.24, 2.45) is 0 Å². The highest BCUT2D eigenvalue weighted by Crippen LogP contribution is 2.43. The van der Waals surface area contributed by atoms with Gasteiger partial charge in [-0.15, -0.1) is 0 Å². The van der Waals surface area contributed by atoms with Gasteiger partial charge >= 0.3 is 6.18 Å². The van der Waals surface area contributed by atoms with Crippen molar-refractivity contribution in [3.8, 4) is 5.69 Å². The van der Waals surface area contributed by atoms with Crippen LogP contribution in [-0.2, 0) is 6.18 Å². The molecule has 138 valence electrons. The number of pyridine rings is 1. The van der Waals surface area contributed by atoms with E-state index in [1.165, 1.54) is 10.9 Å². The van der Waals surface area contributed by atoms with Gasteiger partial charge in [0.15, 0.2) is 5.69 Å². The number of amides is 1. The Balaban J connectivity index is 1.75. The Morgan fingerprint density at radius 1 is 1.15 bits per heavy atom. The number of benzene rings is 1. The zero-order chi connectivity index (χ0) is 19.0. The topological polar surface area (TPSA) is 59.8 Å². The summed E-state index contributed by atoms with van der Waals surface area (Å²) in [4.78, 5) is 16.6. The van der Waals surface area contributed by atoms with E-state index in [2.05, 4.69) is 15.4 Å². The molecule has 8 heteroatoms. The zero-order valence-corrected chi connectivity index (χ0v) is 14.1. The highest BCUT2D eigenvalue weighted by atomic mass is 19.4. The third kappa shape index (κ3) is 3.55. The van der Waals surface area contributed by atoms with Crippen molar-refractivity contribution in [3.05, 3.63) is 71.8 Å². The molecule has 0 spiro atoms. The van der Waals surface area contributed by atoms with Gasteiger partial charge in [0.25, 0.3) is 5.91 Å². The molecule has 1 amide bonds. The van der Waals surface area contributed by atoms with Gasteiger partial charge in [0, 0.05) is 17.8 Å². The molecule has 4 rings (SSSR count). The summed E-state index contributed by atoms with van der Waals surface area (Å²) in [6.45, 7) is 0. The summed E-state index contributed by atoms with van der Waals surface area (Å²) in [5, 5.41) is 6.47. The summed E-state index contributed by atoms with van der Waals surface area (Å²) in [7, 11) is 0. The molecule has 0 unspecified atom stereocenters. The fourth-order valence-electron chi connectivity index (χ4n) is 2.88. The van der Waals surface area contributed by atoms with Crippen LogP contribution in [0.1, 0.15) is 40.5 Å². The third-order valence-corrected chi connectivity index (χ3v) is 4.32. The number of carbonyl (C=O) groups is 1. The number of aromatic nitrogens is 3. The van der Waals surface area contributed by atoms with Crippen molar-refractivity contribution < 1.29 is 18.0 Å². The molecule has 2 aromatic heterocycles. The molecule has 0 bridgehead atoms. The van der Waals surface area contributed by atoms with Gasteiger partial charge in [-0.1, -0.05) is 12.1 Å². The molecule has 1 N–H and O–H groups in total. The van der Waals surface area contributed by atoms with E-state index in [1.54, 1.807) is 42.6 Å². The fraction of sp³-hybridized carbons (Fsp3) is 0.211. The fourth-order valence-corrected chi connectivity index (χ4v) is 2.88. The van der Waals surface area contributed by atoms with Gasteiger partial charge in [-0.05, 0) is 43.2 Å². The summed E-state index contributed by atoms with van der Waals surface area (Å²) >= 11 is 0. The van der Waals surface area contributed by atoms with Gasteiger partial charge in [-0.3, -0.25) is 9.78 Å². The van der Waals surface area contributed by atoms with E-state index in [0.29, 0.717) is 17.1 Å². The molecule has 0 radical (unpaired) electrons. The van der Waals surface area contributed by atoms with Crippen LogP contribution in [0.3, 0.4) is 0 Å². The molecule has 1 aliphatic carbocycles. The Hall–Kier alpha value is -3.16. The number of carbonyl (C=O) groups excluding carboxylic acids is 1. The first-order chi connectivity index (χ1) is 12.9. The molecule has 0 aliphatic heterocycles. The molecule has 27 heavy (non-hydrogen) atoms. The van der Waals surface area contributed by atoms with Gasteiger partial charge < -0.3 is 5.32 Å². The highest BCUT2D eigenvalue weighted by molar-refractivity contribution is 6.06. The second-order valence-corrected chi connectivity index (χ2v) is 6.35. The van der Waals surface area contributed by atoms with E-state index in [9.17, 15) is 18.0 Å². The van der Waals surface area contributed by atoms with Gasteiger partial charge in [0.05, 0.1) is 23.1 Å². The predicted octanol–water partition coefficient (Wildman–Crippen LogP) is 4.42. The molecule has 3 aromatic rings.